The molecule has 2 rings (SSSR count). The maximum absolute atomic E-state index is 14.2. The van der Waals surface area contributed by atoms with Crippen LogP contribution in [0.3, 0.4) is 0 Å². The van der Waals surface area contributed by atoms with Crippen LogP contribution in [0.25, 0.3) is 0 Å². The zero-order chi connectivity index (χ0) is 45.4. The number of aliphatic hydroxyl groups is 2. The first-order chi connectivity index (χ1) is 28.1. The summed E-state index contributed by atoms with van der Waals surface area (Å²) in [5.74, 6) is -6.66. The third-order valence-corrected chi connectivity index (χ3v) is 10.9. The van der Waals surface area contributed by atoms with E-state index in [0.29, 0.717) is 38.6 Å². The molecule has 20 nitrogen and oxygen atoms in total. The number of likely N-dealkylation sites (tertiary alicyclic amines) is 2. The largest absolute Gasteiger partial charge is 0.480 e. The molecule has 0 spiro atoms. The molecule has 2 aliphatic rings. The highest BCUT2D eigenvalue weighted by Gasteiger charge is 2.43. The fraction of sp³-hybridized carbons (Fsp3) is 0.795. The lowest BCUT2D eigenvalue weighted by Crippen LogP contribution is -2.62. The summed E-state index contributed by atoms with van der Waals surface area (Å²) in [5.41, 5.74) is 11.5. The minimum atomic E-state index is -1.50. The number of hydrogen-bond acceptors (Lipinski definition) is 13. The van der Waals surface area contributed by atoms with Gasteiger partial charge in [0.25, 0.3) is 0 Å². The predicted molar refractivity (Wildman–Crippen MR) is 224 cm³/mol. The molecular formula is C39H69N9O11S. The van der Waals surface area contributed by atoms with E-state index in [2.05, 4.69) is 39.2 Å². The van der Waals surface area contributed by atoms with E-state index in [1.165, 1.54) is 23.6 Å². The Morgan fingerprint density at radius 2 is 1.15 bits per heavy atom. The van der Waals surface area contributed by atoms with Crippen molar-refractivity contribution >= 4 is 59.9 Å². The van der Waals surface area contributed by atoms with Crippen molar-refractivity contribution in [2.75, 3.05) is 25.4 Å². The van der Waals surface area contributed by atoms with Gasteiger partial charge in [0.15, 0.2) is 0 Å². The average molecular weight is 872 g/mol. The number of thiol groups is 1. The van der Waals surface area contributed by atoms with Gasteiger partial charge in [-0.15, -0.1) is 0 Å². The summed E-state index contributed by atoms with van der Waals surface area (Å²) in [6, 6.07) is -9.62. The van der Waals surface area contributed by atoms with Gasteiger partial charge >= 0.3 is 5.97 Å². The van der Waals surface area contributed by atoms with Gasteiger partial charge < -0.3 is 63.2 Å². The first-order valence-electron chi connectivity index (χ1n) is 20.9. The molecule has 2 saturated heterocycles. The van der Waals surface area contributed by atoms with Crippen LogP contribution in [0.1, 0.15) is 99.3 Å². The lowest BCUT2D eigenvalue weighted by Gasteiger charge is -2.33. The minimum Gasteiger partial charge on any atom is -0.480 e. The molecule has 0 saturated carbocycles. The highest BCUT2D eigenvalue weighted by molar-refractivity contribution is 7.80. The van der Waals surface area contributed by atoms with E-state index in [-0.39, 0.29) is 56.4 Å². The van der Waals surface area contributed by atoms with E-state index in [1.807, 2.05) is 27.7 Å². The second-order valence-electron chi connectivity index (χ2n) is 16.7. The molecule has 2 aliphatic heterocycles. The van der Waals surface area contributed by atoms with Crippen LogP contribution in [0.5, 0.6) is 0 Å². The molecule has 0 aromatic heterocycles. The van der Waals surface area contributed by atoms with Crippen LogP contribution in [-0.2, 0) is 38.4 Å². The van der Waals surface area contributed by atoms with Gasteiger partial charge in [-0.2, -0.15) is 12.6 Å². The standard InChI is InChI=1S/C39H69N9O11S/c1-20(2)17-25(42-36(55)30(22(5)49)45-32(51)24(41)11-7-8-14-40)33(52)43-26(18-21(3)4)37(56)47-15-9-13-29(47)35(54)46-31(23(6)50)38(57)48-16-10-12-28(48)34(53)44-27(19-60)39(58)59/h20-31,49-50,60H,7-19,40-41H2,1-6H3,(H,42,55)(H,43,52)(H,44,53)(H,45,51)(H,46,54)(H,58,59)/t22-,23-,24+,25+,26+,27+,28+,29+,30+,31+/m1/s1. The molecule has 2 heterocycles. The molecule has 0 unspecified atom stereocenters. The predicted octanol–water partition coefficient (Wildman–Crippen LogP) is -2.28. The second-order valence-corrected chi connectivity index (χ2v) is 17.1. The fourth-order valence-electron chi connectivity index (χ4n) is 7.31. The van der Waals surface area contributed by atoms with Gasteiger partial charge in [-0.05, 0) is 83.6 Å². The highest BCUT2D eigenvalue weighted by atomic mass is 32.1. The number of nitrogens with two attached hydrogens (primary N) is 2. The number of aliphatic hydroxyl groups excluding tert-OH is 2. The van der Waals surface area contributed by atoms with Crippen molar-refractivity contribution in [3.05, 3.63) is 0 Å². The number of carbonyl (C=O) groups is 8. The Kier molecular flexibility index (Phi) is 21.7. The van der Waals surface area contributed by atoms with E-state index in [4.69, 9.17) is 11.5 Å². The number of hydrogen-bond donors (Lipinski definition) is 11. The Morgan fingerprint density at radius 3 is 1.63 bits per heavy atom. The molecular weight excluding hydrogens is 803 g/mol. The highest BCUT2D eigenvalue weighted by Crippen LogP contribution is 2.23. The van der Waals surface area contributed by atoms with Crippen LogP contribution in [0, 0.1) is 11.8 Å². The normalized spacial score (nSPS) is 20.6. The van der Waals surface area contributed by atoms with E-state index in [9.17, 15) is 53.7 Å². The number of nitrogens with one attached hydrogen (secondary N) is 5. The van der Waals surface area contributed by atoms with Crippen molar-refractivity contribution in [1.82, 2.24) is 36.4 Å². The molecule has 0 bridgehead atoms. The van der Waals surface area contributed by atoms with Crippen molar-refractivity contribution in [2.24, 2.45) is 23.3 Å². The Morgan fingerprint density at radius 1 is 0.650 bits per heavy atom. The van der Waals surface area contributed by atoms with Crippen LogP contribution in [0.15, 0.2) is 0 Å². The van der Waals surface area contributed by atoms with Gasteiger partial charge in [-0.25, -0.2) is 4.79 Å². The molecule has 0 aromatic rings. The Bertz CT molecular complexity index is 1500. The number of carbonyl (C=O) groups excluding carboxylic acids is 7. The third-order valence-electron chi connectivity index (χ3n) is 10.6. The SMILES string of the molecule is CC(C)C[C@H](NC(=O)[C@@H](NC(=O)[C@@H](N)CCCCN)[C@@H](C)O)C(=O)N[C@@H](CC(C)C)C(=O)N1CCC[C@H]1C(=O)N[C@H](C(=O)N1CCC[C@H]1C(=O)N[C@@H](CS)C(=O)O)[C@@H](C)O. The topological polar surface area (TPSA) is 316 Å². The van der Waals surface area contributed by atoms with Crippen molar-refractivity contribution in [1.29, 1.82) is 0 Å². The van der Waals surface area contributed by atoms with Gasteiger partial charge in [-0.3, -0.25) is 33.6 Å². The molecule has 0 aromatic carbocycles. The number of nitrogens with zero attached hydrogens (tertiary/aromatic N) is 2. The molecule has 0 aliphatic carbocycles. The maximum atomic E-state index is 14.2. The van der Waals surface area contributed by atoms with Crippen LogP contribution in [0.2, 0.25) is 0 Å². The minimum absolute atomic E-state index is 0.113. The summed E-state index contributed by atoms with van der Waals surface area (Å²) in [6.45, 7) is 10.6. The molecule has 60 heavy (non-hydrogen) atoms. The summed E-state index contributed by atoms with van der Waals surface area (Å²) >= 11 is 3.96. The maximum Gasteiger partial charge on any atom is 0.327 e. The third kappa shape index (κ3) is 15.4. The van der Waals surface area contributed by atoms with Gasteiger partial charge in [0.2, 0.25) is 41.4 Å². The Hall–Kier alpha value is -4.05. The lowest BCUT2D eigenvalue weighted by atomic mass is 9.99. The average Bonchev–Trinajstić information content (AvgIpc) is 3.87. The zero-order valence-electron chi connectivity index (χ0n) is 35.7. The molecule has 2 fully saturated rings. The number of amides is 7. The van der Waals surface area contributed by atoms with Crippen LogP contribution in [-0.4, -0.2) is 158 Å². The number of carboxylic acids is 1. The molecule has 21 heteroatoms. The summed E-state index contributed by atoms with van der Waals surface area (Å²) in [6.07, 6.45) is 0.367. The molecule has 7 amide bonds. The van der Waals surface area contributed by atoms with Gasteiger partial charge in [0.05, 0.1) is 18.2 Å². The Labute approximate surface area is 357 Å². The van der Waals surface area contributed by atoms with Crippen LogP contribution < -0.4 is 38.1 Å². The van der Waals surface area contributed by atoms with E-state index < -0.39 is 108 Å². The quantitative estimate of drug-likeness (QED) is 0.0360. The van der Waals surface area contributed by atoms with Crippen molar-refractivity contribution in [2.45, 2.75) is 160 Å². The number of unbranched alkanes of at least 4 members (excludes halogenated alkanes) is 1. The first-order valence-corrected chi connectivity index (χ1v) is 21.6. The fourth-order valence-corrected chi connectivity index (χ4v) is 7.56. The number of carboxylic acid groups (broad SMARTS) is 1. The summed E-state index contributed by atoms with van der Waals surface area (Å²) < 4.78 is 0. The van der Waals surface area contributed by atoms with Crippen LogP contribution in [0.4, 0.5) is 0 Å². The zero-order valence-corrected chi connectivity index (χ0v) is 36.6. The van der Waals surface area contributed by atoms with Gasteiger partial charge in [0.1, 0.15) is 42.3 Å². The molecule has 10 atom stereocenters. The second kappa shape index (κ2) is 25.0. The van der Waals surface area contributed by atoms with Crippen molar-refractivity contribution in [3.8, 4) is 0 Å². The molecule has 0 radical (unpaired) electrons. The van der Waals surface area contributed by atoms with Gasteiger partial charge in [0, 0.05) is 18.8 Å². The number of aliphatic carboxylic acids is 1. The van der Waals surface area contributed by atoms with Crippen LogP contribution >= 0.6 is 12.6 Å². The summed E-state index contributed by atoms with van der Waals surface area (Å²) in [4.78, 5) is 109. The van der Waals surface area contributed by atoms with E-state index in [1.54, 1.807) is 0 Å². The van der Waals surface area contributed by atoms with Crippen molar-refractivity contribution in [3.63, 3.8) is 0 Å². The smallest absolute Gasteiger partial charge is 0.327 e. The van der Waals surface area contributed by atoms with Gasteiger partial charge in [-0.1, -0.05) is 34.1 Å². The lowest BCUT2D eigenvalue weighted by molar-refractivity contribution is -0.147. The van der Waals surface area contributed by atoms with Crippen molar-refractivity contribution < 1.29 is 53.7 Å². The monoisotopic (exact) mass is 871 g/mol. The Balaban J connectivity index is 2.25. The number of rotatable bonds is 24. The summed E-state index contributed by atoms with van der Waals surface area (Å²) in [7, 11) is 0. The summed E-state index contributed by atoms with van der Waals surface area (Å²) in [5, 5.41) is 43.3. The van der Waals surface area contributed by atoms with E-state index >= 15 is 0 Å². The first kappa shape index (κ1) is 52.1. The molecule has 342 valence electrons. The van der Waals surface area contributed by atoms with E-state index in [0.717, 1.165) is 0 Å². The molecule has 12 N–H and O–H groups in total.